The molecule has 108 valence electrons. The van der Waals surface area contributed by atoms with Crippen LogP contribution < -0.4 is 19.9 Å². The van der Waals surface area contributed by atoms with E-state index in [-0.39, 0.29) is 12.1 Å². The molecule has 2 aliphatic heterocycles. The van der Waals surface area contributed by atoms with Crippen molar-refractivity contribution < 1.29 is 14.2 Å². The standard InChI is InChI=1S/C17H17NO3/c18-15-10-20-17-8-12(5-6-14(15)17)19-9-13-7-11-3-1-2-4-16(11)21-13/h1-6,8,13,15H,7,9-10,18H2. The summed E-state index contributed by atoms with van der Waals surface area (Å²) in [6.07, 6.45) is 0.960. The Morgan fingerprint density at radius 1 is 1.14 bits per heavy atom. The smallest absolute Gasteiger partial charge is 0.137 e. The lowest BCUT2D eigenvalue weighted by atomic mass is 10.1. The molecule has 2 atom stereocenters. The minimum Gasteiger partial charge on any atom is -0.491 e. The first-order valence-electron chi connectivity index (χ1n) is 7.19. The van der Waals surface area contributed by atoms with E-state index in [0.29, 0.717) is 13.2 Å². The summed E-state index contributed by atoms with van der Waals surface area (Å²) < 4.78 is 17.2. The molecule has 0 bridgehead atoms. The van der Waals surface area contributed by atoms with E-state index in [1.807, 2.05) is 36.4 Å². The topological polar surface area (TPSA) is 53.7 Å². The molecule has 0 saturated carbocycles. The van der Waals surface area contributed by atoms with Gasteiger partial charge in [-0.25, -0.2) is 0 Å². The lowest BCUT2D eigenvalue weighted by molar-refractivity contribution is 0.148. The van der Waals surface area contributed by atoms with E-state index < -0.39 is 0 Å². The summed E-state index contributed by atoms with van der Waals surface area (Å²) in [6.45, 7) is 1.07. The van der Waals surface area contributed by atoms with Gasteiger partial charge in [0.05, 0.1) is 6.04 Å². The number of para-hydroxylation sites is 1. The van der Waals surface area contributed by atoms with Crippen LogP contribution in [0.15, 0.2) is 42.5 Å². The second kappa shape index (κ2) is 4.97. The fraction of sp³-hybridized carbons (Fsp3) is 0.294. The molecule has 2 aromatic carbocycles. The zero-order valence-electron chi connectivity index (χ0n) is 11.6. The van der Waals surface area contributed by atoms with Crippen LogP contribution in [0, 0.1) is 0 Å². The van der Waals surface area contributed by atoms with Crippen molar-refractivity contribution in [3.8, 4) is 17.2 Å². The van der Waals surface area contributed by atoms with Gasteiger partial charge in [-0.1, -0.05) is 18.2 Å². The van der Waals surface area contributed by atoms with Crippen LogP contribution in [0.2, 0.25) is 0 Å². The number of ether oxygens (including phenoxy) is 3. The minimum atomic E-state index is -0.0262. The van der Waals surface area contributed by atoms with E-state index in [0.717, 1.165) is 29.2 Å². The third kappa shape index (κ3) is 2.32. The van der Waals surface area contributed by atoms with Crippen molar-refractivity contribution in [3.05, 3.63) is 53.6 Å². The van der Waals surface area contributed by atoms with Crippen molar-refractivity contribution in [3.63, 3.8) is 0 Å². The predicted molar refractivity (Wildman–Crippen MR) is 78.9 cm³/mol. The predicted octanol–water partition coefficient (Wildman–Crippen LogP) is 2.46. The lowest BCUT2D eigenvalue weighted by Gasteiger charge is -2.13. The summed E-state index contributed by atoms with van der Waals surface area (Å²) in [6, 6.07) is 13.9. The Hall–Kier alpha value is -2.20. The Morgan fingerprint density at radius 2 is 2.05 bits per heavy atom. The Morgan fingerprint density at radius 3 is 2.95 bits per heavy atom. The van der Waals surface area contributed by atoms with E-state index in [1.165, 1.54) is 5.56 Å². The summed E-state index contributed by atoms with van der Waals surface area (Å²) in [4.78, 5) is 0. The molecule has 4 rings (SSSR count). The molecule has 2 aromatic rings. The van der Waals surface area contributed by atoms with Crippen LogP contribution in [0.4, 0.5) is 0 Å². The first-order chi connectivity index (χ1) is 10.3. The summed E-state index contributed by atoms with van der Waals surface area (Å²) in [5.41, 5.74) is 8.23. The van der Waals surface area contributed by atoms with Gasteiger partial charge in [0.25, 0.3) is 0 Å². The van der Waals surface area contributed by atoms with Gasteiger partial charge >= 0.3 is 0 Å². The Kier molecular flexibility index (Phi) is 2.97. The van der Waals surface area contributed by atoms with E-state index >= 15 is 0 Å². The van der Waals surface area contributed by atoms with Crippen LogP contribution in [-0.2, 0) is 6.42 Å². The molecule has 0 spiro atoms. The highest BCUT2D eigenvalue weighted by atomic mass is 16.5. The van der Waals surface area contributed by atoms with Crippen molar-refractivity contribution in [1.29, 1.82) is 0 Å². The third-order valence-corrected chi connectivity index (χ3v) is 3.95. The van der Waals surface area contributed by atoms with Gasteiger partial charge in [-0.2, -0.15) is 0 Å². The molecule has 0 radical (unpaired) electrons. The van der Waals surface area contributed by atoms with Crippen molar-refractivity contribution in [2.24, 2.45) is 5.73 Å². The molecule has 0 saturated heterocycles. The number of rotatable bonds is 3. The molecule has 2 aliphatic rings. The Balaban J connectivity index is 1.40. The molecule has 2 heterocycles. The summed E-state index contributed by atoms with van der Waals surface area (Å²) in [7, 11) is 0. The van der Waals surface area contributed by atoms with Crippen molar-refractivity contribution in [2.75, 3.05) is 13.2 Å². The van der Waals surface area contributed by atoms with Gasteiger partial charge < -0.3 is 19.9 Å². The second-order valence-corrected chi connectivity index (χ2v) is 5.48. The van der Waals surface area contributed by atoms with Gasteiger partial charge in [-0.15, -0.1) is 0 Å². The zero-order valence-corrected chi connectivity index (χ0v) is 11.6. The van der Waals surface area contributed by atoms with Crippen molar-refractivity contribution in [2.45, 2.75) is 18.6 Å². The van der Waals surface area contributed by atoms with Gasteiger partial charge in [0.15, 0.2) is 0 Å². The SMILES string of the molecule is NC1COc2cc(OCC3Cc4ccccc4O3)ccc21. The van der Waals surface area contributed by atoms with E-state index in [2.05, 4.69) is 6.07 Å². The van der Waals surface area contributed by atoms with E-state index in [1.54, 1.807) is 0 Å². The number of nitrogens with two attached hydrogens (primary N) is 1. The van der Waals surface area contributed by atoms with Crippen molar-refractivity contribution >= 4 is 0 Å². The van der Waals surface area contributed by atoms with Gasteiger partial charge in [-0.3, -0.25) is 0 Å². The fourth-order valence-electron chi connectivity index (χ4n) is 2.84. The van der Waals surface area contributed by atoms with E-state index in [9.17, 15) is 0 Å². The number of fused-ring (bicyclic) bond motifs is 2. The van der Waals surface area contributed by atoms with Crippen LogP contribution in [0.1, 0.15) is 17.2 Å². The minimum absolute atomic E-state index is 0.0262. The molecular weight excluding hydrogens is 266 g/mol. The average molecular weight is 283 g/mol. The fourth-order valence-corrected chi connectivity index (χ4v) is 2.84. The summed E-state index contributed by atoms with van der Waals surface area (Å²) in [5.74, 6) is 2.59. The van der Waals surface area contributed by atoms with Gasteiger partial charge in [0, 0.05) is 18.1 Å². The molecular formula is C17H17NO3. The maximum Gasteiger partial charge on any atom is 0.137 e. The zero-order chi connectivity index (χ0) is 14.2. The maximum atomic E-state index is 5.93. The number of hydrogen-bond acceptors (Lipinski definition) is 4. The maximum absolute atomic E-state index is 5.93. The summed E-state index contributed by atoms with van der Waals surface area (Å²) in [5, 5.41) is 0. The highest BCUT2D eigenvalue weighted by Gasteiger charge is 2.24. The second-order valence-electron chi connectivity index (χ2n) is 5.48. The summed E-state index contributed by atoms with van der Waals surface area (Å²) >= 11 is 0. The van der Waals surface area contributed by atoms with Crippen LogP contribution in [0.5, 0.6) is 17.2 Å². The normalized spacial score (nSPS) is 22.1. The first-order valence-corrected chi connectivity index (χ1v) is 7.19. The number of hydrogen-bond donors (Lipinski definition) is 1. The Labute approximate surface area is 123 Å². The Bertz CT molecular complexity index is 646. The average Bonchev–Trinajstić information content (AvgIpc) is 3.08. The molecule has 2 unspecified atom stereocenters. The molecule has 0 aliphatic carbocycles. The van der Waals surface area contributed by atoms with E-state index in [4.69, 9.17) is 19.9 Å². The lowest BCUT2D eigenvalue weighted by Crippen LogP contribution is -2.22. The highest BCUT2D eigenvalue weighted by molar-refractivity contribution is 5.45. The largest absolute Gasteiger partial charge is 0.491 e. The number of benzene rings is 2. The quantitative estimate of drug-likeness (QED) is 0.940. The molecule has 21 heavy (non-hydrogen) atoms. The van der Waals surface area contributed by atoms with Gasteiger partial charge in [-0.05, 0) is 23.8 Å². The molecule has 0 fully saturated rings. The van der Waals surface area contributed by atoms with Gasteiger partial charge in [0.1, 0.15) is 36.6 Å². The molecule has 4 heteroatoms. The molecule has 2 N–H and O–H groups in total. The third-order valence-electron chi connectivity index (χ3n) is 3.95. The monoisotopic (exact) mass is 283 g/mol. The van der Waals surface area contributed by atoms with Crippen LogP contribution in [0.3, 0.4) is 0 Å². The van der Waals surface area contributed by atoms with Crippen LogP contribution in [0.25, 0.3) is 0 Å². The molecule has 0 amide bonds. The molecule has 4 nitrogen and oxygen atoms in total. The van der Waals surface area contributed by atoms with Crippen LogP contribution >= 0.6 is 0 Å². The highest BCUT2D eigenvalue weighted by Crippen LogP contribution is 2.34. The van der Waals surface area contributed by atoms with Crippen LogP contribution in [-0.4, -0.2) is 19.3 Å². The first kappa shape index (κ1) is 12.5. The van der Waals surface area contributed by atoms with Crippen molar-refractivity contribution in [1.82, 2.24) is 0 Å². The van der Waals surface area contributed by atoms with Gasteiger partial charge in [0.2, 0.25) is 0 Å². The molecule has 0 aromatic heterocycles.